The number of benzene rings is 2. The first kappa shape index (κ1) is 20.7. The number of carbonyl (C=O) groups excluding carboxylic acids is 1. The summed E-state index contributed by atoms with van der Waals surface area (Å²) in [5.74, 6) is -0.272. The van der Waals surface area contributed by atoms with Gasteiger partial charge in [0.25, 0.3) is 0 Å². The van der Waals surface area contributed by atoms with Gasteiger partial charge >= 0.3 is 0 Å². The number of aromatic nitrogens is 2. The molecule has 0 radical (unpaired) electrons. The predicted octanol–water partition coefficient (Wildman–Crippen LogP) is 4.42. The number of nitrogens with one attached hydrogen (secondary N) is 2. The van der Waals surface area contributed by atoms with Gasteiger partial charge < -0.3 is 5.32 Å². The lowest BCUT2D eigenvalue weighted by Gasteiger charge is -2.23. The van der Waals surface area contributed by atoms with E-state index in [1.54, 1.807) is 12.1 Å². The molecule has 3 rings (SSSR count). The van der Waals surface area contributed by atoms with Crippen molar-refractivity contribution in [1.29, 1.82) is 0 Å². The summed E-state index contributed by atoms with van der Waals surface area (Å²) < 4.78 is 13.1. The summed E-state index contributed by atoms with van der Waals surface area (Å²) in [6.07, 6.45) is 1.72. The van der Waals surface area contributed by atoms with E-state index in [2.05, 4.69) is 15.5 Å². The van der Waals surface area contributed by atoms with Crippen molar-refractivity contribution >= 4 is 11.6 Å². The average molecular weight is 394 g/mol. The Bertz CT molecular complexity index is 952. The molecule has 2 N–H and O–H groups in total. The van der Waals surface area contributed by atoms with Crippen molar-refractivity contribution in [1.82, 2.24) is 15.1 Å². The van der Waals surface area contributed by atoms with E-state index in [1.807, 2.05) is 56.1 Å². The molecule has 0 spiro atoms. The third kappa shape index (κ3) is 5.74. The molecule has 0 bridgehead atoms. The van der Waals surface area contributed by atoms with Crippen molar-refractivity contribution in [2.75, 3.05) is 18.9 Å². The van der Waals surface area contributed by atoms with E-state index in [-0.39, 0.29) is 17.8 Å². The van der Waals surface area contributed by atoms with Gasteiger partial charge in [0.1, 0.15) is 5.82 Å². The van der Waals surface area contributed by atoms with E-state index < -0.39 is 0 Å². The number of hydrogen-bond donors (Lipinski definition) is 2. The van der Waals surface area contributed by atoms with Crippen LogP contribution in [-0.4, -0.2) is 40.6 Å². The van der Waals surface area contributed by atoms with Crippen LogP contribution in [0.3, 0.4) is 0 Å². The van der Waals surface area contributed by atoms with E-state index in [1.165, 1.54) is 12.1 Å². The van der Waals surface area contributed by atoms with Crippen LogP contribution in [0.2, 0.25) is 0 Å². The van der Waals surface area contributed by atoms with Crippen LogP contribution in [0.15, 0.2) is 54.6 Å². The zero-order valence-corrected chi connectivity index (χ0v) is 17.1. The van der Waals surface area contributed by atoms with Gasteiger partial charge in [0.2, 0.25) is 5.91 Å². The lowest BCUT2D eigenvalue weighted by molar-refractivity contribution is -0.120. The van der Waals surface area contributed by atoms with Crippen LogP contribution in [0.4, 0.5) is 10.1 Å². The standard InChI is InChI=1S/C23H27FN4O/c1-16-6-4-7-20(14-16)25-23(29)17(2)28(3)13-5-8-21-15-22(27-26-21)18-9-11-19(24)12-10-18/h4,6-7,9-12,14-15,17H,5,8,13H2,1-3H3,(H,25,29)(H,26,27). The largest absolute Gasteiger partial charge is 0.325 e. The van der Waals surface area contributed by atoms with Crippen LogP contribution in [0.1, 0.15) is 24.6 Å². The second-order valence-corrected chi connectivity index (χ2v) is 7.40. The molecule has 0 fully saturated rings. The minimum absolute atomic E-state index is 0.0155. The highest BCUT2D eigenvalue weighted by atomic mass is 19.1. The molecule has 5 nitrogen and oxygen atoms in total. The number of anilines is 1. The number of rotatable bonds is 8. The monoisotopic (exact) mass is 394 g/mol. The smallest absolute Gasteiger partial charge is 0.241 e. The second kappa shape index (κ2) is 9.47. The number of likely N-dealkylation sites (N-methyl/N-ethyl adjacent to an activating group) is 1. The van der Waals surface area contributed by atoms with E-state index in [4.69, 9.17) is 0 Å². The molecule has 29 heavy (non-hydrogen) atoms. The van der Waals surface area contributed by atoms with Crippen molar-refractivity contribution in [2.24, 2.45) is 0 Å². The van der Waals surface area contributed by atoms with Crippen molar-refractivity contribution < 1.29 is 9.18 Å². The number of H-pyrrole nitrogens is 1. The maximum Gasteiger partial charge on any atom is 0.241 e. The van der Waals surface area contributed by atoms with Gasteiger partial charge in [0.05, 0.1) is 11.7 Å². The van der Waals surface area contributed by atoms with Gasteiger partial charge in [-0.1, -0.05) is 12.1 Å². The van der Waals surface area contributed by atoms with Crippen molar-refractivity contribution in [3.63, 3.8) is 0 Å². The molecule has 2 aromatic carbocycles. The SMILES string of the molecule is Cc1cccc(NC(=O)C(C)N(C)CCCc2cc(-c3ccc(F)cc3)n[nH]2)c1. The van der Waals surface area contributed by atoms with E-state index in [0.717, 1.165) is 47.6 Å². The zero-order chi connectivity index (χ0) is 20.8. The Morgan fingerprint density at radius 2 is 1.97 bits per heavy atom. The summed E-state index contributed by atoms with van der Waals surface area (Å²) in [6.45, 7) is 4.70. The fourth-order valence-corrected chi connectivity index (χ4v) is 3.14. The van der Waals surface area contributed by atoms with Gasteiger partial charge in [-0.2, -0.15) is 5.10 Å². The van der Waals surface area contributed by atoms with E-state index in [9.17, 15) is 9.18 Å². The highest BCUT2D eigenvalue weighted by molar-refractivity contribution is 5.94. The summed E-state index contributed by atoms with van der Waals surface area (Å²) in [5, 5.41) is 10.3. The Morgan fingerprint density at radius 1 is 1.21 bits per heavy atom. The molecule has 0 aliphatic carbocycles. The molecule has 1 unspecified atom stereocenters. The number of amides is 1. The molecule has 6 heteroatoms. The van der Waals surface area contributed by atoms with E-state index in [0.29, 0.717) is 0 Å². The number of aryl methyl sites for hydroxylation is 2. The molecule has 0 aliphatic rings. The van der Waals surface area contributed by atoms with Crippen LogP contribution >= 0.6 is 0 Å². The van der Waals surface area contributed by atoms with Crippen molar-refractivity contribution in [3.05, 3.63) is 71.7 Å². The summed E-state index contributed by atoms with van der Waals surface area (Å²) in [6, 6.07) is 15.9. The number of hydrogen-bond acceptors (Lipinski definition) is 3. The number of aromatic amines is 1. The van der Waals surface area contributed by atoms with Gasteiger partial charge in [0, 0.05) is 16.9 Å². The maximum atomic E-state index is 13.1. The molecule has 0 aliphatic heterocycles. The Kier molecular flexibility index (Phi) is 6.77. The minimum Gasteiger partial charge on any atom is -0.325 e. The second-order valence-electron chi connectivity index (χ2n) is 7.40. The highest BCUT2D eigenvalue weighted by Crippen LogP contribution is 2.18. The summed E-state index contributed by atoms with van der Waals surface area (Å²) in [5.41, 5.74) is 4.64. The van der Waals surface area contributed by atoms with Gasteiger partial charge in [-0.3, -0.25) is 14.8 Å². The quantitative estimate of drug-likeness (QED) is 0.595. The maximum absolute atomic E-state index is 13.1. The molecule has 3 aromatic rings. The Labute approximate surface area is 170 Å². The topological polar surface area (TPSA) is 61.0 Å². The molecule has 0 saturated carbocycles. The van der Waals surface area contributed by atoms with Crippen molar-refractivity contribution in [3.8, 4) is 11.3 Å². The third-order valence-corrected chi connectivity index (χ3v) is 5.05. The first-order valence-electron chi connectivity index (χ1n) is 9.80. The van der Waals surface area contributed by atoms with Gasteiger partial charge in [-0.25, -0.2) is 4.39 Å². The van der Waals surface area contributed by atoms with Crippen LogP contribution < -0.4 is 5.32 Å². The highest BCUT2D eigenvalue weighted by Gasteiger charge is 2.18. The minimum atomic E-state index is -0.256. The zero-order valence-electron chi connectivity index (χ0n) is 17.1. The third-order valence-electron chi connectivity index (χ3n) is 5.05. The molecule has 152 valence electrons. The fourth-order valence-electron chi connectivity index (χ4n) is 3.14. The number of halogens is 1. The van der Waals surface area contributed by atoms with Crippen LogP contribution in [0.25, 0.3) is 11.3 Å². The lowest BCUT2D eigenvalue weighted by Crippen LogP contribution is -2.40. The van der Waals surface area contributed by atoms with Gasteiger partial charge in [-0.15, -0.1) is 0 Å². The number of carbonyl (C=O) groups is 1. The number of nitrogens with zero attached hydrogens (tertiary/aromatic N) is 2. The fraction of sp³-hybridized carbons (Fsp3) is 0.304. The van der Waals surface area contributed by atoms with Gasteiger partial charge in [-0.05, 0) is 88.3 Å². The molecular formula is C23H27FN4O. The Hall–Kier alpha value is -2.99. The molecule has 1 aromatic heterocycles. The van der Waals surface area contributed by atoms with Crippen LogP contribution in [0, 0.1) is 12.7 Å². The average Bonchev–Trinajstić information content (AvgIpc) is 3.16. The van der Waals surface area contributed by atoms with Crippen LogP contribution in [-0.2, 0) is 11.2 Å². The molecule has 1 amide bonds. The molecule has 1 heterocycles. The molecule has 1 atom stereocenters. The summed E-state index contributed by atoms with van der Waals surface area (Å²) in [7, 11) is 1.96. The van der Waals surface area contributed by atoms with Gasteiger partial charge in [0.15, 0.2) is 0 Å². The van der Waals surface area contributed by atoms with Crippen molar-refractivity contribution in [2.45, 2.75) is 32.7 Å². The first-order valence-corrected chi connectivity index (χ1v) is 9.80. The Balaban J connectivity index is 1.47. The summed E-state index contributed by atoms with van der Waals surface area (Å²) in [4.78, 5) is 14.5. The molecule has 0 saturated heterocycles. The lowest BCUT2D eigenvalue weighted by atomic mass is 10.1. The first-order chi connectivity index (χ1) is 13.9. The van der Waals surface area contributed by atoms with Crippen LogP contribution in [0.5, 0.6) is 0 Å². The normalized spacial score (nSPS) is 12.2. The predicted molar refractivity (Wildman–Crippen MR) is 114 cm³/mol. The Morgan fingerprint density at radius 3 is 2.69 bits per heavy atom. The molecular weight excluding hydrogens is 367 g/mol. The summed E-state index contributed by atoms with van der Waals surface area (Å²) >= 11 is 0. The van der Waals surface area contributed by atoms with E-state index >= 15 is 0 Å².